The Labute approximate surface area is 92.5 Å². The fourth-order valence-electron chi connectivity index (χ4n) is 1.21. The van der Waals surface area contributed by atoms with E-state index in [-0.39, 0.29) is 18.5 Å². The van der Waals surface area contributed by atoms with Crippen molar-refractivity contribution in [2.75, 3.05) is 13.6 Å². The van der Waals surface area contributed by atoms with Crippen LogP contribution in [0.15, 0.2) is 18.2 Å². The Kier molecular flexibility index (Phi) is 3.84. The third-order valence-corrected chi connectivity index (χ3v) is 2.10. The van der Waals surface area contributed by atoms with Gasteiger partial charge in [0.25, 0.3) is 5.91 Å². The SMILES string of the molecule is CN(CCC#N)C(=O)c1ccc(F)cc1O. The Balaban J connectivity index is 2.84. The predicted molar refractivity (Wildman–Crippen MR) is 55.3 cm³/mol. The summed E-state index contributed by atoms with van der Waals surface area (Å²) in [5.74, 6) is -1.43. The molecular formula is C11H11FN2O2. The van der Waals surface area contributed by atoms with Gasteiger partial charge in [-0.05, 0) is 12.1 Å². The molecule has 0 atom stereocenters. The molecule has 0 heterocycles. The summed E-state index contributed by atoms with van der Waals surface area (Å²) >= 11 is 0. The number of nitriles is 1. The normalized spacial score (nSPS) is 9.56. The number of amides is 1. The number of phenols is 1. The molecule has 0 spiro atoms. The zero-order valence-corrected chi connectivity index (χ0v) is 8.77. The minimum Gasteiger partial charge on any atom is -0.507 e. The molecule has 84 valence electrons. The molecule has 0 aliphatic carbocycles. The highest BCUT2D eigenvalue weighted by Gasteiger charge is 2.15. The topological polar surface area (TPSA) is 64.3 Å². The number of rotatable bonds is 3. The van der Waals surface area contributed by atoms with Crippen molar-refractivity contribution >= 4 is 5.91 Å². The molecule has 0 aromatic heterocycles. The molecule has 0 radical (unpaired) electrons. The molecule has 0 bridgehead atoms. The molecule has 1 aromatic rings. The van der Waals surface area contributed by atoms with Crippen molar-refractivity contribution in [3.05, 3.63) is 29.6 Å². The number of phenolic OH excluding ortho intramolecular Hbond substituents is 1. The molecule has 0 unspecified atom stereocenters. The number of aromatic hydroxyl groups is 1. The summed E-state index contributed by atoms with van der Waals surface area (Å²) in [6.07, 6.45) is 0.212. The number of halogens is 1. The van der Waals surface area contributed by atoms with Crippen LogP contribution >= 0.6 is 0 Å². The van der Waals surface area contributed by atoms with Gasteiger partial charge in [-0.2, -0.15) is 5.26 Å². The van der Waals surface area contributed by atoms with Gasteiger partial charge in [0, 0.05) is 19.7 Å². The Hall–Kier alpha value is -2.09. The fourth-order valence-corrected chi connectivity index (χ4v) is 1.21. The predicted octanol–water partition coefficient (Wildman–Crippen LogP) is 1.52. The van der Waals surface area contributed by atoms with E-state index in [1.54, 1.807) is 0 Å². The molecular weight excluding hydrogens is 211 g/mol. The van der Waals surface area contributed by atoms with Crippen molar-refractivity contribution in [1.82, 2.24) is 4.90 Å². The third kappa shape index (κ3) is 2.70. The van der Waals surface area contributed by atoms with Crippen molar-refractivity contribution in [3.8, 4) is 11.8 Å². The van der Waals surface area contributed by atoms with Crippen LogP contribution in [0.1, 0.15) is 16.8 Å². The average Bonchev–Trinajstić information content (AvgIpc) is 2.25. The van der Waals surface area contributed by atoms with Crippen LogP contribution in [0.5, 0.6) is 5.75 Å². The van der Waals surface area contributed by atoms with E-state index in [0.29, 0.717) is 0 Å². The second-order valence-electron chi connectivity index (χ2n) is 3.30. The van der Waals surface area contributed by atoms with Crippen molar-refractivity contribution in [3.63, 3.8) is 0 Å². The largest absolute Gasteiger partial charge is 0.507 e. The molecule has 1 rings (SSSR count). The number of carbonyl (C=O) groups excluding carboxylic acids is 1. The Bertz CT molecular complexity index is 440. The summed E-state index contributed by atoms with van der Waals surface area (Å²) in [5, 5.41) is 17.8. The number of nitrogens with zero attached hydrogens (tertiary/aromatic N) is 2. The second-order valence-corrected chi connectivity index (χ2v) is 3.30. The lowest BCUT2D eigenvalue weighted by Gasteiger charge is -2.15. The monoisotopic (exact) mass is 222 g/mol. The molecule has 16 heavy (non-hydrogen) atoms. The molecule has 1 aromatic carbocycles. The maximum atomic E-state index is 12.7. The lowest BCUT2D eigenvalue weighted by Crippen LogP contribution is -2.27. The van der Waals surface area contributed by atoms with Gasteiger partial charge in [0.15, 0.2) is 0 Å². The van der Waals surface area contributed by atoms with Crippen LogP contribution in [0.3, 0.4) is 0 Å². The first-order valence-corrected chi connectivity index (χ1v) is 4.67. The quantitative estimate of drug-likeness (QED) is 0.843. The third-order valence-electron chi connectivity index (χ3n) is 2.10. The first-order valence-electron chi connectivity index (χ1n) is 4.67. The molecule has 0 saturated heterocycles. The van der Waals surface area contributed by atoms with Gasteiger partial charge in [-0.25, -0.2) is 4.39 Å². The van der Waals surface area contributed by atoms with Crippen molar-refractivity contribution in [1.29, 1.82) is 5.26 Å². The highest BCUT2D eigenvalue weighted by Crippen LogP contribution is 2.19. The van der Waals surface area contributed by atoms with Gasteiger partial charge in [-0.1, -0.05) is 0 Å². The lowest BCUT2D eigenvalue weighted by atomic mass is 10.1. The standard InChI is InChI=1S/C11H11FN2O2/c1-14(6-2-5-13)11(16)9-4-3-8(12)7-10(9)15/h3-4,7,15H,2,6H2,1H3. The molecule has 0 fully saturated rings. The van der Waals surface area contributed by atoms with Crippen LogP contribution in [-0.2, 0) is 0 Å². The Morgan fingerprint density at radius 2 is 2.31 bits per heavy atom. The van der Waals surface area contributed by atoms with E-state index < -0.39 is 17.5 Å². The van der Waals surface area contributed by atoms with E-state index >= 15 is 0 Å². The number of benzene rings is 1. The van der Waals surface area contributed by atoms with Crippen LogP contribution in [0.25, 0.3) is 0 Å². The van der Waals surface area contributed by atoms with Gasteiger partial charge in [-0.3, -0.25) is 4.79 Å². The molecule has 4 nitrogen and oxygen atoms in total. The first kappa shape index (κ1) is 12.0. The van der Waals surface area contributed by atoms with Crippen molar-refractivity contribution in [2.45, 2.75) is 6.42 Å². The molecule has 1 amide bonds. The summed E-state index contributed by atoms with van der Waals surface area (Å²) < 4.78 is 12.7. The number of hydrogen-bond acceptors (Lipinski definition) is 3. The van der Waals surface area contributed by atoms with Crippen molar-refractivity contribution in [2.24, 2.45) is 0 Å². The smallest absolute Gasteiger partial charge is 0.257 e. The highest BCUT2D eigenvalue weighted by molar-refractivity contribution is 5.96. The van der Waals surface area contributed by atoms with E-state index in [9.17, 15) is 14.3 Å². The second kappa shape index (κ2) is 5.12. The average molecular weight is 222 g/mol. The van der Waals surface area contributed by atoms with E-state index in [1.807, 2.05) is 6.07 Å². The van der Waals surface area contributed by atoms with Gasteiger partial charge >= 0.3 is 0 Å². The Morgan fingerprint density at radius 1 is 1.62 bits per heavy atom. The molecule has 0 aliphatic rings. The van der Waals surface area contributed by atoms with Crippen LogP contribution in [0.2, 0.25) is 0 Å². The maximum absolute atomic E-state index is 12.7. The Morgan fingerprint density at radius 3 is 2.88 bits per heavy atom. The minimum absolute atomic E-state index is 0.0295. The molecule has 0 saturated carbocycles. The van der Waals surface area contributed by atoms with Gasteiger partial charge < -0.3 is 10.0 Å². The number of carbonyl (C=O) groups is 1. The number of hydrogen-bond donors (Lipinski definition) is 1. The summed E-state index contributed by atoms with van der Waals surface area (Å²) in [6, 6.07) is 5.11. The van der Waals surface area contributed by atoms with E-state index in [1.165, 1.54) is 18.0 Å². The summed E-state index contributed by atoms with van der Waals surface area (Å²) in [4.78, 5) is 13.0. The summed E-state index contributed by atoms with van der Waals surface area (Å²) in [6.45, 7) is 0.270. The first-order chi connectivity index (χ1) is 7.56. The summed E-state index contributed by atoms with van der Waals surface area (Å²) in [5.41, 5.74) is 0.0295. The zero-order valence-electron chi connectivity index (χ0n) is 8.77. The van der Waals surface area contributed by atoms with Crippen LogP contribution in [-0.4, -0.2) is 29.5 Å². The van der Waals surface area contributed by atoms with E-state index in [0.717, 1.165) is 12.1 Å². The molecule has 0 aliphatic heterocycles. The van der Waals surface area contributed by atoms with Gasteiger partial charge in [0.05, 0.1) is 18.1 Å². The van der Waals surface area contributed by atoms with Crippen LogP contribution in [0.4, 0.5) is 4.39 Å². The zero-order chi connectivity index (χ0) is 12.1. The van der Waals surface area contributed by atoms with Crippen LogP contribution < -0.4 is 0 Å². The summed E-state index contributed by atoms with van der Waals surface area (Å²) in [7, 11) is 1.52. The highest BCUT2D eigenvalue weighted by atomic mass is 19.1. The fraction of sp³-hybridized carbons (Fsp3) is 0.273. The van der Waals surface area contributed by atoms with E-state index in [2.05, 4.69) is 0 Å². The van der Waals surface area contributed by atoms with E-state index in [4.69, 9.17) is 5.26 Å². The van der Waals surface area contributed by atoms with Crippen molar-refractivity contribution < 1.29 is 14.3 Å². The van der Waals surface area contributed by atoms with Gasteiger partial charge in [-0.15, -0.1) is 0 Å². The minimum atomic E-state index is -0.603. The lowest BCUT2D eigenvalue weighted by molar-refractivity contribution is 0.0795. The van der Waals surface area contributed by atoms with Gasteiger partial charge in [0.2, 0.25) is 0 Å². The molecule has 1 N–H and O–H groups in total. The molecule has 5 heteroatoms. The van der Waals surface area contributed by atoms with Crippen LogP contribution in [0, 0.1) is 17.1 Å². The maximum Gasteiger partial charge on any atom is 0.257 e. The van der Waals surface area contributed by atoms with Gasteiger partial charge in [0.1, 0.15) is 11.6 Å².